The Morgan fingerprint density at radius 3 is 2.40 bits per heavy atom. The number of alkyl halides is 1. The Morgan fingerprint density at radius 1 is 1.27 bits per heavy atom. The number of rotatable bonds is 2. The molecule has 0 aliphatic heterocycles. The van der Waals surface area contributed by atoms with Crippen molar-refractivity contribution in [3.63, 3.8) is 0 Å². The van der Waals surface area contributed by atoms with E-state index < -0.39 is 0 Å². The SMILES string of the molecule is O=[N+]([O-])c1ccccc1C12CC(Br)(C1)C2. The Hall–Kier alpha value is -0.900. The summed E-state index contributed by atoms with van der Waals surface area (Å²) in [7, 11) is 0. The van der Waals surface area contributed by atoms with Crippen LogP contribution >= 0.6 is 15.9 Å². The van der Waals surface area contributed by atoms with Gasteiger partial charge in [-0.3, -0.25) is 10.1 Å². The summed E-state index contributed by atoms with van der Waals surface area (Å²) >= 11 is 3.65. The lowest BCUT2D eigenvalue weighted by Gasteiger charge is -2.68. The fourth-order valence-corrected chi connectivity index (χ4v) is 4.64. The van der Waals surface area contributed by atoms with Crippen LogP contribution in [0.4, 0.5) is 5.69 Å². The Kier molecular flexibility index (Phi) is 1.63. The molecule has 2 bridgehead atoms. The van der Waals surface area contributed by atoms with Crippen LogP contribution < -0.4 is 0 Å². The predicted octanol–water partition coefficient (Wildman–Crippen LogP) is 3.16. The summed E-state index contributed by atoms with van der Waals surface area (Å²) in [5.41, 5.74) is 1.32. The smallest absolute Gasteiger partial charge is 0.258 e. The van der Waals surface area contributed by atoms with E-state index in [4.69, 9.17) is 0 Å². The standard InChI is InChI=1S/C11H10BrNO2/c12-11-5-10(6-11,7-11)8-3-1-2-4-9(8)13(14)15/h1-4H,5-7H2. The fraction of sp³-hybridized carbons (Fsp3) is 0.455. The van der Waals surface area contributed by atoms with Crippen LogP contribution in [0.15, 0.2) is 24.3 Å². The first-order valence-electron chi connectivity index (χ1n) is 4.98. The number of para-hydroxylation sites is 1. The monoisotopic (exact) mass is 267 g/mol. The summed E-state index contributed by atoms with van der Waals surface area (Å²) in [6.07, 6.45) is 3.14. The molecule has 0 amide bonds. The highest BCUT2D eigenvalue weighted by Crippen LogP contribution is 2.72. The van der Waals surface area contributed by atoms with Gasteiger partial charge in [0.1, 0.15) is 0 Å². The molecule has 0 atom stereocenters. The van der Waals surface area contributed by atoms with Crippen molar-refractivity contribution >= 4 is 21.6 Å². The normalized spacial score (nSPS) is 36.6. The lowest BCUT2D eigenvalue weighted by atomic mass is 9.42. The van der Waals surface area contributed by atoms with Gasteiger partial charge in [0.05, 0.1) is 4.92 Å². The molecule has 0 unspecified atom stereocenters. The molecular weight excluding hydrogens is 258 g/mol. The number of hydrogen-bond donors (Lipinski definition) is 0. The molecule has 0 N–H and O–H groups in total. The average Bonchev–Trinajstić information content (AvgIpc) is 2.11. The zero-order valence-corrected chi connectivity index (χ0v) is 9.66. The van der Waals surface area contributed by atoms with E-state index in [0.717, 1.165) is 24.8 Å². The summed E-state index contributed by atoms with van der Waals surface area (Å²) in [5.74, 6) is 0. The number of nitro benzene ring substituents is 1. The minimum atomic E-state index is -0.267. The number of benzene rings is 1. The highest BCUT2D eigenvalue weighted by molar-refractivity contribution is 9.10. The summed E-state index contributed by atoms with van der Waals surface area (Å²) in [5, 5.41) is 10.9. The Morgan fingerprint density at radius 2 is 1.87 bits per heavy atom. The first kappa shape index (κ1) is 9.33. The molecule has 0 aromatic heterocycles. The number of hydrogen-bond acceptors (Lipinski definition) is 2. The second kappa shape index (κ2) is 2.61. The fourth-order valence-electron chi connectivity index (χ4n) is 3.03. The predicted molar refractivity (Wildman–Crippen MR) is 60.3 cm³/mol. The molecule has 1 aromatic carbocycles. The summed E-state index contributed by atoms with van der Waals surface area (Å²) in [6, 6.07) is 7.14. The average molecular weight is 268 g/mol. The maximum Gasteiger partial charge on any atom is 0.273 e. The van der Waals surface area contributed by atoms with Gasteiger partial charge in [0.25, 0.3) is 5.69 Å². The van der Waals surface area contributed by atoms with E-state index in [0.29, 0.717) is 4.32 Å². The third-order valence-corrected chi connectivity index (χ3v) is 4.48. The molecule has 4 rings (SSSR count). The van der Waals surface area contributed by atoms with Gasteiger partial charge in [0, 0.05) is 21.4 Å². The van der Waals surface area contributed by atoms with E-state index in [-0.39, 0.29) is 16.0 Å². The second-order valence-electron chi connectivity index (χ2n) is 4.74. The van der Waals surface area contributed by atoms with E-state index >= 15 is 0 Å². The summed E-state index contributed by atoms with van der Waals surface area (Å²) < 4.78 is 0.302. The number of nitrogens with zero attached hydrogens (tertiary/aromatic N) is 1. The van der Waals surface area contributed by atoms with Crippen molar-refractivity contribution in [1.29, 1.82) is 0 Å². The van der Waals surface area contributed by atoms with Crippen LogP contribution in [0.25, 0.3) is 0 Å². The maximum absolute atomic E-state index is 10.9. The minimum absolute atomic E-state index is 0.104. The molecule has 3 fully saturated rings. The van der Waals surface area contributed by atoms with E-state index in [1.54, 1.807) is 12.1 Å². The van der Waals surface area contributed by atoms with Crippen molar-refractivity contribution in [2.75, 3.05) is 0 Å². The first-order valence-corrected chi connectivity index (χ1v) is 5.77. The van der Waals surface area contributed by atoms with Gasteiger partial charge in [-0.05, 0) is 19.3 Å². The molecule has 0 heterocycles. The molecule has 0 spiro atoms. The second-order valence-corrected chi connectivity index (χ2v) is 6.42. The van der Waals surface area contributed by atoms with Crippen LogP contribution in [0.1, 0.15) is 24.8 Å². The molecule has 3 aliphatic rings. The lowest BCUT2D eigenvalue weighted by Crippen LogP contribution is -2.66. The van der Waals surface area contributed by atoms with Crippen molar-refractivity contribution in [1.82, 2.24) is 0 Å². The third kappa shape index (κ3) is 1.11. The van der Waals surface area contributed by atoms with Gasteiger partial charge in [0.2, 0.25) is 0 Å². The van der Waals surface area contributed by atoms with Crippen LogP contribution in [0.3, 0.4) is 0 Å². The van der Waals surface area contributed by atoms with E-state index in [2.05, 4.69) is 15.9 Å². The van der Waals surface area contributed by atoms with Crippen LogP contribution in [0.2, 0.25) is 0 Å². The zero-order valence-electron chi connectivity index (χ0n) is 8.07. The van der Waals surface area contributed by atoms with Gasteiger partial charge >= 0.3 is 0 Å². The van der Waals surface area contributed by atoms with Crippen LogP contribution in [0.5, 0.6) is 0 Å². The van der Waals surface area contributed by atoms with E-state index in [9.17, 15) is 10.1 Å². The van der Waals surface area contributed by atoms with Crippen LogP contribution in [0, 0.1) is 10.1 Å². The van der Waals surface area contributed by atoms with Crippen molar-refractivity contribution in [2.24, 2.45) is 0 Å². The molecule has 78 valence electrons. The quantitative estimate of drug-likeness (QED) is 0.469. The topological polar surface area (TPSA) is 43.1 Å². The molecule has 1 aromatic rings. The van der Waals surface area contributed by atoms with E-state index in [1.165, 1.54) is 0 Å². The van der Waals surface area contributed by atoms with E-state index in [1.807, 2.05) is 12.1 Å². The number of halogens is 1. The number of nitro groups is 1. The van der Waals surface area contributed by atoms with Crippen LogP contribution in [-0.4, -0.2) is 9.25 Å². The summed E-state index contributed by atoms with van der Waals surface area (Å²) in [4.78, 5) is 10.6. The molecule has 3 saturated carbocycles. The van der Waals surface area contributed by atoms with Gasteiger partial charge in [-0.1, -0.05) is 34.1 Å². The molecule has 0 saturated heterocycles. The Bertz CT molecular complexity index is 438. The molecule has 3 aliphatic carbocycles. The largest absolute Gasteiger partial charge is 0.273 e. The van der Waals surface area contributed by atoms with Crippen molar-refractivity contribution in [2.45, 2.75) is 29.0 Å². The highest BCUT2D eigenvalue weighted by atomic mass is 79.9. The van der Waals surface area contributed by atoms with Crippen molar-refractivity contribution in [3.05, 3.63) is 39.9 Å². The highest BCUT2D eigenvalue weighted by Gasteiger charge is 2.68. The Balaban J connectivity index is 2.03. The minimum Gasteiger partial charge on any atom is -0.258 e. The lowest BCUT2D eigenvalue weighted by molar-refractivity contribution is -0.386. The van der Waals surface area contributed by atoms with Crippen LogP contribution in [-0.2, 0) is 5.41 Å². The molecule has 4 heteroatoms. The van der Waals surface area contributed by atoms with Crippen molar-refractivity contribution < 1.29 is 4.92 Å². The van der Waals surface area contributed by atoms with Gasteiger partial charge in [-0.15, -0.1) is 0 Å². The third-order valence-electron chi connectivity index (χ3n) is 3.64. The van der Waals surface area contributed by atoms with Gasteiger partial charge in [0.15, 0.2) is 0 Å². The first-order chi connectivity index (χ1) is 7.05. The van der Waals surface area contributed by atoms with Crippen molar-refractivity contribution in [3.8, 4) is 0 Å². The summed E-state index contributed by atoms with van der Waals surface area (Å²) in [6.45, 7) is 0. The molecule has 3 nitrogen and oxygen atoms in total. The maximum atomic E-state index is 10.9. The molecule has 0 radical (unpaired) electrons. The zero-order chi connectivity index (χ0) is 10.7. The van der Waals surface area contributed by atoms with Gasteiger partial charge < -0.3 is 0 Å². The van der Waals surface area contributed by atoms with Gasteiger partial charge in [-0.25, -0.2) is 0 Å². The van der Waals surface area contributed by atoms with Gasteiger partial charge in [-0.2, -0.15) is 0 Å². The molecule has 15 heavy (non-hydrogen) atoms. The molecular formula is C11H10BrNO2. The Labute approximate surface area is 95.8 Å².